The number of nitrogens with one attached hydrogen (secondary N) is 1. The van der Waals surface area contributed by atoms with Crippen molar-refractivity contribution in [3.63, 3.8) is 0 Å². The number of fused-ring (bicyclic) bond motifs is 1. The zero-order valence-corrected chi connectivity index (χ0v) is 25.0. The van der Waals surface area contributed by atoms with E-state index < -0.39 is 34.4 Å². The van der Waals surface area contributed by atoms with Gasteiger partial charge in [0.15, 0.2) is 5.60 Å². The molecule has 0 saturated carbocycles. The number of hydrogen-bond acceptors (Lipinski definition) is 8. The van der Waals surface area contributed by atoms with Gasteiger partial charge in [0.1, 0.15) is 6.10 Å². The smallest absolute Gasteiger partial charge is 0.269 e. The highest BCUT2D eigenvalue weighted by Gasteiger charge is 2.53. The van der Waals surface area contributed by atoms with Crippen LogP contribution >= 0.6 is 0 Å². The number of benzene rings is 3. The summed E-state index contributed by atoms with van der Waals surface area (Å²) in [5.74, 6) is -2.46. The van der Waals surface area contributed by atoms with Crippen molar-refractivity contribution in [2.75, 3.05) is 23.4 Å². The number of nitrogens with zero attached hydrogens (tertiary/aromatic N) is 3. The fraction of sp³-hybridized carbons (Fsp3) is 0.303. The van der Waals surface area contributed by atoms with Gasteiger partial charge in [-0.3, -0.25) is 24.5 Å². The molecule has 4 N–H and O–H groups in total. The number of carbonyl (C=O) groups is 3. The fourth-order valence-electron chi connectivity index (χ4n) is 5.24. The van der Waals surface area contributed by atoms with Gasteiger partial charge in [-0.1, -0.05) is 61.5 Å². The van der Waals surface area contributed by atoms with Gasteiger partial charge < -0.3 is 30.4 Å². The average molecular weight is 617 g/mol. The van der Waals surface area contributed by atoms with Crippen molar-refractivity contribution in [3.05, 3.63) is 112 Å². The normalized spacial score (nSPS) is 17.2. The Morgan fingerprint density at radius 1 is 1.07 bits per heavy atom. The van der Waals surface area contributed by atoms with Crippen LogP contribution in [0, 0.1) is 16.0 Å². The van der Waals surface area contributed by atoms with Gasteiger partial charge in [-0.25, -0.2) is 0 Å². The largest absolute Gasteiger partial charge is 0.395 e. The molecule has 1 aliphatic rings. The summed E-state index contributed by atoms with van der Waals surface area (Å²) < 4.78 is 0. The van der Waals surface area contributed by atoms with E-state index in [-0.39, 0.29) is 43.3 Å². The van der Waals surface area contributed by atoms with E-state index in [9.17, 15) is 39.8 Å². The molecule has 3 aromatic carbocycles. The monoisotopic (exact) mass is 616 g/mol. The van der Waals surface area contributed by atoms with Crippen LogP contribution in [0.2, 0.25) is 0 Å². The van der Waals surface area contributed by atoms with Crippen molar-refractivity contribution in [2.24, 2.45) is 5.92 Å². The number of aliphatic hydroxyl groups excluding tert-OH is 2. The van der Waals surface area contributed by atoms with Crippen molar-refractivity contribution in [2.45, 2.75) is 45.1 Å². The number of amides is 3. The second kappa shape index (κ2) is 14.2. The molecular formula is C33H36N4O8. The molecule has 1 heterocycles. The first-order valence-electron chi connectivity index (χ1n) is 14.5. The number of nitro groups is 1. The predicted molar refractivity (Wildman–Crippen MR) is 167 cm³/mol. The first kappa shape index (κ1) is 33.0. The lowest BCUT2D eigenvalue weighted by Gasteiger charge is -2.28. The van der Waals surface area contributed by atoms with Crippen LogP contribution in [0.5, 0.6) is 0 Å². The van der Waals surface area contributed by atoms with E-state index in [0.717, 1.165) is 5.56 Å². The summed E-state index contributed by atoms with van der Waals surface area (Å²) >= 11 is 0. The Labute approximate surface area is 260 Å². The van der Waals surface area contributed by atoms with Crippen LogP contribution in [0.25, 0.3) is 0 Å². The molecule has 0 bridgehead atoms. The number of non-ortho nitro benzene ring substituents is 1. The first-order chi connectivity index (χ1) is 21.4. The summed E-state index contributed by atoms with van der Waals surface area (Å²) in [6, 6.07) is 19.8. The minimum atomic E-state index is -2.17. The minimum Gasteiger partial charge on any atom is -0.395 e. The molecule has 45 heavy (non-hydrogen) atoms. The summed E-state index contributed by atoms with van der Waals surface area (Å²) in [6.45, 7) is 3.13. The highest BCUT2D eigenvalue weighted by Crippen LogP contribution is 2.47. The Hall–Kier alpha value is -4.91. The minimum absolute atomic E-state index is 0.0190. The number of carbonyl (C=O) groups excluding carboxylic acids is 3. The van der Waals surface area contributed by atoms with E-state index in [0.29, 0.717) is 23.5 Å². The van der Waals surface area contributed by atoms with Crippen molar-refractivity contribution in [3.8, 4) is 0 Å². The zero-order valence-electron chi connectivity index (χ0n) is 25.0. The third-order valence-corrected chi connectivity index (χ3v) is 7.69. The van der Waals surface area contributed by atoms with Crippen LogP contribution in [0.3, 0.4) is 0 Å². The topological polar surface area (TPSA) is 174 Å². The number of aliphatic hydroxyl groups is 3. The molecule has 3 amide bonds. The average Bonchev–Trinajstić information content (AvgIpc) is 3.23. The number of anilines is 2. The third kappa shape index (κ3) is 7.43. The number of rotatable bonds is 13. The van der Waals surface area contributed by atoms with E-state index in [2.05, 4.69) is 5.32 Å². The molecule has 12 heteroatoms. The Morgan fingerprint density at radius 3 is 2.44 bits per heavy atom. The lowest BCUT2D eigenvalue weighted by atomic mass is 9.82. The number of nitro benzene ring substituents is 1. The van der Waals surface area contributed by atoms with Gasteiger partial charge in [0.05, 0.1) is 23.8 Å². The molecule has 236 valence electrons. The summed E-state index contributed by atoms with van der Waals surface area (Å²) in [6.07, 6.45) is 1.80. The van der Waals surface area contributed by atoms with E-state index in [1.54, 1.807) is 37.3 Å². The lowest BCUT2D eigenvalue weighted by Crippen LogP contribution is -2.44. The van der Waals surface area contributed by atoms with Crippen LogP contribution in [-0.2, 0) is 33.1 Å². The quantitative estimate of drug-likeness (QED) is 0.129. The third-order valence-electron chi connectivity index (χ3n) is 7.69. The van der Waals surface area contributed by atoms with Crippen molar-refractivity contribution in [1.29, 1.82) is 0 Å². The Balaban J connectivity index is 1.58. The van der Waals surface area contributed by atoms with Gasteiger partial charge in [-0.15, -0.1) is 0 Å². The van der Waals surface area contributed by atoms with Crippen LogP contribution in [0.4, 0.5) is 17.1 Å². The molecule has 12 nitrogen and oxygen atoms in total. The molecule has 1 aliphatic heterocycles. The van der Waals surface area contributed by atoms with Crippen LogP contribution in [0.15, 0.2) is 84.9 Å². The van der Waals surface area contributed by atoms with Crippen LogP contribution in [-0.4, -0.2) is 62.1 Å². The number of hydrogen-bond donors (Lipinski definition) is 4. The highest BCUT2D eigenvalue weighted by atomic mass is 16.6. The Kier molecular flexibility index (Phi) is 10.4. The van der Waals surface area contributed by atoms with Crippen molar-refractivity contribution in [1.82, 2.24) is 4.90 Å². The summed E-state index contributed by atoms with van der Waals surface area (Å²) in [4.78, 5) is 52.7. The maximum atomic E-state index is 13.9. The molecule has 3 atom stereocenters. The van der Waals surface area contributed by atoms with E-state index in [1.165, 1.54) is 41.0 Å². The summed E-state index contributed by atoms with van der Waals surface area (Å²) in [5.41, 5.74) is -0.222. The Morgan fingerprint density at radius 2 is 1.78 bits per heavy atom. The standard InChI is InChI=1S/C33H36N4O8/c1-22(8-6-13-30(40)35(16-17-38)20-24-9-4-3-5-10-24)33(43)28-19-27(37(44)45)14-15-29(28)36(32(33)42)21-25-11-7-12-26(18-25)34-31(41)23(2)39/h3-12,14-15,18-19,22-23,38-39,43H,13,16-17,20-21H2,1-2H3,(H,34,41)/b8-6+/t22-,23-,33+/m0/s1. The van der Waals surface area contributed by atoms with Gasteiger partial charge in [0, 0.05) is 48.8 Å². The molecular weight excluding hydrogens is 580 g/mol. The summed E-state index contributed by atoms with van der Waals surface area (Å²) in [7, 11) is 0. The molecule has 0 saturated heterocycles. The maximum Gasteiger partial charge on any atom is 0.269 e. The SMILES string of the molecule is C[C@H](O)C(=O)Nc1cccc(CN2C(=O)[C@@](O)([C@@H](C)/C=C/CC(=O)N(CCO)Cc3ccccc3)c3cc([N+](=O)[O-])ccc32)c1. The molecule has 0 spiro atoms. The second-order valence-electron chi connectivity index (χ2n) is 10.9. The predicted octanol–water partition coefficient (Wildman–Crippen LogP) is 3.25. The molecule has 0 fully saturated rings. The van der Waals surface area contributed by atoms with Gasteiger partial charge in [-0.05, 0) is 36.2 Å². The lowest BCUT2D eigenvalue weighted by molar-refractivity contribution is -0.385. The molecule has 0 radical (unpaired) electrons. The van der Waals surface area contributed by atoms with Crippen LogP contribution in [0.1, 0.15) is 37.0 Å². The first-order valence-corrected chi connectivity index (χ1v) is 14.5. The second-order valence-corrected chi connectivity index (χ2v) is 10.9. The van der Waals surface area contributed by atoms with E-state index >= 15 is 0 Å². The van der Waals surface area contributed by atoms with Crippen molar-refractivity contribution >= 4 is 34.8 Å². The molecule has 0 unspecified atom stereocenters. The van der Waals surface area contributed by atoms with Crippen LogP contribution < -0.4 is 10.2 Å². The Bertz CT molecular complexity index is 1590. The molecule has 3 aromatic rings. The van der Waals surface area contributed by atoms with E-state index in [4.69, 9.17) is 0 Å². The van der Waals surface area contributed by atoms with Gasteiger partial charge in [-0.2, -0.15) is 0 Å². The van der Waals surface area contributed by atoms with Gasteiger partial charge >= 0.3 is 0 Å². The van der Waals surface area contributed by atoms with Gasteiger partial charge in [0.25, 0.3) is 17.5 Å². The van der Waals surface area contributed by atoms with Crippen molar-refractivity contribution < 1.29 is 34.6 Å². The fourth-order valence-corrected chi connectivity index (χ4v) is 5.24. The highest BCUT2D eigenvalue weighted by molar-refractivity contribution is 6.07. The van der Waals surface area contributed by atoms with Gasteiger partial charge in [0.2, 0.25) is 5.91 Å². The maximum absolute atomic E-state index is 13.9. The zero-order chi connectivity index (χ0) is 32.7. The molecule has 0 aliphatic carbocycles. The molecule has 0 aromatic heterocycles. The molecule has 4 rings (SSSR count). The summed E-state index contributed by atoms with van der Waals surface area (Å²) in [5, 5.41) is 45.1. The van der Waals surface area contributed by atoms with E-state index in [1.807, 2.05) is 30.3 Å².